The van der Waals surface area contributed by atoms with Crippen LogP contribution in [0.4, 0.5) is 0 Å². The zero-order valence-electron chi connectivity index (χ0n) is 14.8. The van der Waals surface area contributed by atoms with Gasteiger partial charge in [-0.15, -0.1) is 0 Å². The Balaban J connectivity index is 1.57. The quantitative estimate of drug-likeness (QED) is 0.926. The summed E-state index contributed by atoms with van der Waals surface area (Å²) in [7, 11) is 0. The lowest BCUT2D eigenvalue weighted by atomic mass is 9.84. The predicted molar refractivity (Wildman–Crippen MR) is 93.8 cm³/mol. The van der Waals surface area contributed by atoms with Gasteiger partial charge in [0.1, 0.15) is 0 Å². The summed E-state index contributed by atoms with van der Waals surface area (Å²) in [5.41, 5.74) is 1.70. The molecule has 2 unspecified atom stereocenters. The molecule has 1 N–H and O–H groups in total. The van der Waals surface area contributed by atoms with Gasteiger partial charge in [-0.25, -0.2) is 0 Å². The van der Waals surface area contributed by atoms with E-state index in [9.17, 15) is 9.90 Å². The molecule has 0 spiro atoms. The van der Waals surface area contributed by atoms with Crippen molar-refractivity contribution in [2.45, 2.75) is 57.7 Å². The van der Waals surface area contributed by atoms with E-state index in [0.717, 1.165) is 19.4 Å². The van der Waals surface area contributed by atoms with Crippen LogP contribution in [-0.2, 0) is 16.0 Å². The number of aryl methyl sites for hydroxylation is 1. The van der Waals surface area contributed by atoms with Crippen molar-refractivity contribution in [3.8, 4) is 0 Å². The molecule has 0 aromatic heterocycles. The molecule has 4 nitrogen and oxygen atoms in total. The summed E-state index contributed by atoms with van der Waals surface area (Å²) in [6.07, 6.45) is 3.86. The van der Waals surface area contributed by atoms with Crippen LogP contribution in [0.3, 0.4) is 0 Å². The number of rotatable bonds is 3. The van der Waals surface area contributed by atoms with Crippen LogP contribution in [0.15, 0.2) is 24.3 Å². The van der Waals surface area contributed by atoms with E-state index in [0.29, 0.717) is 32.4 Å². The molecule has 0 saturated carbocycles. The fourth-order valence-corrected chi connectivity index (χ4v) is 4.00. The first-order chi connectivity index (χ1) is 11.5. The van der Waals surface area contributed by atoms with E-state index in [1.165, 1.54) is 11.1 Å². The van der Waals surface area contributed by atoms with E-state index in [-0.39, 0.29) is 17.9 Å². The molecule has 2 atom stereocenters. The van der Waals surface area contributed by atoms with Crippen molar-refractivity contribution in [2.75, 3.05) is 19.7 Å². The number of ether oxygens (including phenoxy) is 1. The van der Waals surface area contributed by atoms with Gasteiger partial charge in [0, 0.05) is 26.1 Å². The zero-order chi connectivity index (χ0) is 17.2. The average Bonchev–Trinajstić information content (AvgIpc) is 2.55. The fraction of sp³-hybridized carbons (Fsp3) is 0.650. The largest absolute Gasteiger partial charge is 0.389 e. The lowest BCUT2D eigenvalue weighted by molar-refractivity contribution is -0.148. The number of hydrogen-bond donors (Lipinski definition) is 1. The number of nitrogens with zero attached hydrogens (tertiary/aromatic N) is 1. The maximum absolute atomic E-state index is 12.7. The first-order valence-corrected chi connectivity index (χ1v) is 9.15. The monoisotopic (exact) mass is 331 g/mol. The van der Waals surface area contributed by atoms with Crippen LogP contribution in [0.5, 0.6) is 0 Å². The minimum absolute atomic E-state index is 0.0123. The number of hydrogen-bond acceptors (Lipinski definition) is 3. The van der Waals surface area contributed by atoms with Crippen molar-refractivity contribution >= 4 is 5.91 Å². The molecular weight excluding hydrogens is 302 g/mol. The van der Waals surface area contributed by atoms with Gasteiger partial charge in [0.15, 0.2) is 0 Å². The van der Waals surface area contributed by atoms with Gasteiger partial charge in [-0.2, -0.15) is 0 Å². The van der Waals surface area contributed by atoms with Crippen molar-refractivity contribution in [1.82, 2.24) is 4.90 Å². The highest BCUT2D eigenvalue weighted by molar-refractivity contribution is 5.79. The molecule has 2 saturated heterocycles. The Morgan fingerprint density at radius 2 is 2.12 bits per heavy atom. The summed E-state index contributed by atoms with van der Waals surface area (Å²) in [5, 5.41) is 10.9. The van der Waals surface area contributed by atoms with E-state index in [1.807, 2.05) is 17.9 Å². The van der Waals surface area contributed by atoms with Gasteiger partial charge in [-0.3, -0.25) is 4.79 Å². The number of aliphatic hydroxyl groups is 1. The Hall–Kier alpha value is -1.39. The van der Waals surface area contributed by atoms with E-state index in [4.69, 9.17) is 4.74 Å². The Morgan fingerprint density at radius 1 is 1.38 bits per heavy atom. The molecule has 4 heteroatoms. The lowest BCUT2D eigenvalue weighted by Gasteiger charge is -2.41. The van der Waals surface area contributed by atoms with E-state index in [1.54, 1.807) is 0 Å². The molecule has 2 aliphatic rings. The molecule has 0 radical (unpaired) electrons. The van der Waals surface area contributed by atoms with Crippen LogP contribution < -0.4 is 0 Å². The minimum Gasteiger partial charge on any atom is -0.389 e. The Bertz CT molecular complexity index is 578. The van der Waals surface area contributed by atoms with Crippen LogP contribution in [0.2, 0.25) is 0 Å². The van der Waals surface area contributed by atoms with Crippen molar-refractivity contribution < 1.29 is 14.6 Å². The van der Waals surface area contributed by atoms with Crippen molar-refractivity contribution in [3.05, 3.63) is 35.4 Å². The standard InChI is InChI=1S/C20H29NO3/c1-15-5-3-6-17(13-15)14-20(23)8-10-21(11-9-20)19(22)18-7-4-12-24-16(18)2/h3,5-6,13,16,18,23H,4,7-12,14H2,1-2H3. The van der Waals surface area contributed by atoms with Crippen molar-refractivity contribution in [2.24, 2.45) is 5.92 Å². The smallest absolute Gasteiger partial charge is 0.228 e. The topological polar surface area (TPSA) is 49.8 Å². The number of carbonyl (C=O) groups excluding carboxylic acids is 1. The second-order valence-corrected chi connectivity index (χ2v) is 7.54. The van der Waals surface area contributed by atoms with Crippen molar-refractivity contribution in [1.29, 1.82) is 0 Å². The van der Waals surface area contributed by atoms with Crippen LogP contribution in [-0.4, -0.2) is 47.3 Å². The third kappa shape index (κ3) is 3.98. The number of benzene rings is 1. The maximum Gasteiger partial charge on any atom is 0.228 e. The highest BCUT2D eigenvalue weighted by atomic mass is 16.5. The van der Waals surface area contributed by atoms with Crippen LogP contribution >= 0.6 is 0 Å². The predicted octanol–water partition coefficient (Wildman–Crippen LogP) is 2.71. The molecule has 2 aliphatic heterocycles. The van der Waals surface area contributed by atoms with Gasteiger partial charge in [-0.1, -0.05) is 29.8 Å². The molecule has 1 amide bonds. The van der Waals surface area contributed by atoms with Gasteiger partial charge in [0.05, 0.1) is 17.6 Å². The highest BCUT2D eigenvalue weighted by Gasteiger charge is 2.38. The summed E-state index contributed by atoms with van der Waals surface area (Å²) in [5.74, 6) is 0.196. The highest BCUT2D eigenvalue weighted by Crippen LogP contribution is 2.29. The van der Waals surface area contributed by atoms with Gasteiger partial charge in [0.2, 0.25) is 5.91 Å². The summed E-state index contributed by atoms with van der Waals surface area (Å²) in [4.78, 5) is 14.7. The summed E-state index contributed by atoms with van der Waals surface area (Å²) >= 11 is 0. The second kappa shape index (κ2) is 7.24. The first kappa shape index (κ1) is 17.4. The number of carbonyl (C=O) groups is 1. The minimum atomic E-state index is -0.695. The molecule has 1 aromatic carbocycles. The third-order valence-corrected chi connectivity index (χ3v) is 5.55. The molecular formula is C20H29NO3. The Morgan fingerprint density at radius 3 is 2.79 bits per heavy atom. The third-order valence-electron chi connectivity index (χ3n) is 5.55. The normalized spacial score (nSPS) is 27.0. The van der Waals surface area contributed by atoms with E-state index >= 15 is 0 Å². The van der Waals surface area contributed by atoms with E-state index < -0.39 is 5.60 Å². The zero-order valence-corrected chi connectivity index (χ0v) is 14.8. The van der Waals surface area contributed by atoms with Gasteiger partial charge in [-0.05, 0) is 45.1 Å². The number of amides is 1. The van der Waals surface area contributed by atoms with Crippen LogP contribution in [0.25, 0.3) is 0 Å². The lowest BCUT2D eigenvalue weighted by Crippen LogP contribution is -2.51. The molecule has 1 aromatic rings. The summed E-state index contributed by atoms with van der Waals surface area (Å²) in [6, 6.07) is 8.32. The maximum atomic E-state index is 12.7. The van der Waals surface area contributed by atoms with Gasteiger partial charge >= 0.3 is 0 Å². The SMILES string of the molecule is Cc1cccc(CC2(O)CCN(C(=O)C3CCCOC3C)CC2)c1. The van der Waals surface area contributed by atoms with Gasteiger partial charge in [0.25, 0.3) is 0 Å². The fourth-order valence-electron chi connectivity index (χ4n) is 4.00. The second-order valence-electron chi connectivity index (χ2n) is 7.54. The molecule has 0 bridgehead atoms. The average molecular weight is 331 g/mol. The van der Waals surface area contributed by atoms with Crippen LogP contribution in [0.1, 0.15) is 43.7 Å². The summed E-state index contributed by atoms with van der Waals surface area (Å²) < 4.78 is 5.64. The molecule has 2 fully saturated rings. The molecule has 24 heavy (non-hydrogen) atoms. The Labute approximate surface area is 144 Å². The van der Waals surface area contributed by atoms with Crippen molar-refractivity contribution in [3.63, 3.8) is 0 Å². The number of piperidine rings is 1. The molecule has 132 valence electrons. The van der Waals surface area contributed by atoms with E-state index in [2.05, 4.69) is 25.1 Å². The van der Waals surface area contributed by atoms with Crippen LogP contribution in [0, 0.1) is 12.8 Å². The Kier molecular flexibility index (Phi) is 5.26. The first-order valence-electron chi connectivity index (χ1n) is 9.15. The molecule has 0 aliphatic carbocycles. The summed E-state index contributed by atoms with van der Waals surface area (Å²) in [6.45, 7) is 6.12. The number of likely N-dealkylation sites (tertiary alicyclic amines) is 1. The molecule has 3 rings (SSSR count). The van der Waals surface area contributed by atoms with Gasteiger partial charge < -0.3 is 14.7 Å². The molecule has 2 heterocycles.